The van der Waals surface area contributed by atoms with Crippen molar-refractivity contribution in [3.8, 4) is 0 Å². The number of carbonyl (C=O) groups is 1. The van der Waals surface area contributed by atoms with Gasteiger partial charge in [-0.15, -0.1) is 0 Å². The number of carbonyl (C=O) groups excluding carboxylic acids is 1. The standard InChI is InChI=1S/C12H17N5O3/c1-4-19-12(18)9-5-14-17(3)10(9)6-13-7-11-15-8(2)20-16-11/h5,13H,4,6-7H2,1-3H3. The predicted octanol–water partition coefficient (Wildman–Crippen LogP) is 0.578. The molecule has 2 aromatic rings. The maximum Gasteiger partial charge on any atom is 0.341 e. The molecule has 0 aliphatic rings. The Labute approximate surface area is 116 Å². The van der Waals surface area contributed by atoms with Gasteiger partial charge in [0.25, 0.3) is 0 Å². The van der Waals surface area contributed by atoms with Gasteiger partial charge in [-0.05, 0) is 6.92 Å². The first kappa shape index (κ1) is 14.2. The molecule has 1 N–H and O–H groups in total. The SMILES string of the molecule is CCOC(=O)c1cnn(C)c1CNCc1noc(C)n1. The summed E-state index contributed by atoms with van der Waals surface area (Å²) in [5, 5.41) is 11.0. The van der Waals surface area contributed by atoms with Crippen LogP contribution in [0, 0.1) is 6.92 Å². The zero-order chi connectivity index (χ0) is 14.5. The molecule has 8 heteroatoms. The molecule has 0 amide bonds. The highest BCUT2D eigenvalue weighted by Gasteiger charge is 2.16. The number of aryl methyl sites for hydroxylation is 2. The predicted molar refractivity (Wildman–Crippen MR) is 68.7 cm³/mol. The van der Waals surface area contributed by atoms with E-state index in [0.29, 0.717) is 37.0 Å². The van der Waals surface area contributed by atoms with Crippen LogP contribution in [0.1, 0.15) is 34.7 Å². The fourth-order valence-corrected chi connectivity index (χ4v) is 1.76. The Morgan fingerprint density at radius 1 is 1.50 bits per heavy atom. The van der Waals surface area contributed by atoms with Crippen molar-refractivity contribution in [1.29, 1.82) is 0 Å². The summed E-state index contributed by atoms with van der Waals surface area (Å²) in [7, 11) is 1.78. The zero-order valence-electron chi connectivity index (χ0n) is 11.7. The summed E-state index contributed by atoms with van der Waals surface area (Å²) in [5.41, 5.74) is 1.22. The molecule has 2 aromatic heterocycles. The van der Waals surface area contributed by atoms with Gasteiger partial charge in [0.15, 0.2) is 5.82 Å². The van der Waals surface area contributed by atoms with E-state index in [4.69, 9.17) is 9.26 Å². The van der Waals surface area contributed by atoms with Crippen LogP contribution in [0.4, 0.5) is 0 Å². The second-order valence-corrected chi connectivity index (χ2v) is 4.18. The van der Waals surface area contributed by atoms with Gasteiger partial charge in [0, 0.05) is 20.5 Å². The smallest absolute Gasteiger partial charge is 0.341 e. The van der Waals surface area contributed by atoms with E-state index >= 15 is 0 Å². The third kappa shape index (κ3) is 3.21. The Bertz CT molecular complexity index is 590. The summed E-state index contributed by atoms with van der Waals surface area (Å²) in [5.74, 6) is 0.727. The van der Waals surface area contributed by atoms with Gasteiger partial charge in [-0.25, -0.2) is 4.79 Å². The van der Waals surface area contributed by atoms with Gasteiger partial charge in [-0.2, -0.15) is 10.1 Å². The number of nitrogens with zero attached hydrogens (tertiary/aromatic N) is 4. The van der Waals surface area contributed by atoms with E-state index in [1.165, 1.54) is 6.20 Å². The van der Waals surface area contributed by atoms with Gasteiger partial charge >= 0.3 is 5.97 Å². The van der Waals surface area contributed by atoms with Crippen LogP contribution in [-0.4, -0.2) is 32.5 Å². The first-order valence-corrected chi connectivity index (χ1v) is 6.29. The second-order valence-electron chi connectivity index (χ2n) is 4.18. The number of hydrogen-bond donors (Lipinski definition) is 1. The van der Waals surface area contributed by atoms with Crippen molar-refractivity contribution in [2.24, 2.45) is 7.05 Å². The summed E-state index contributed by atoms with van der Waals surface area (Å²) < 4.78 is 11.5. The quantitative estimate of drug-likeness (QED) is 0.773. The van der Waals surface area contributed by atoms with E-state index < -0.39 is 0 Å². The minimum absolute atomic E-state index is 0.336. The summed E-state index contributed by atoms with van der Waals surface area (Å²) in [6.07, 6.45) is 1.51. The Kier molecular flexibility index (Phi) is 4.46. The van der Waals surface area contributed by atoms with E-state index in [-0.39, 0.29) is 5.97 Å². The maximum absolute atomic E-state index is 11.8. The lowest BCUT2D eigenvalue weighted by molar-refractivity contribution is 0.0524. The van der Waals surface area contributed by atoms with Gasteiger partial charge in [0.2, 0.25) is 5.89 Å². The molecule has 0 radical (unpaired) electrons. The molecule has 0 aliphatic heterocycles. The molecule has 0 atom stereocenters. The van der Waals surface area contributed by atoms with E-state index in [9.17, 15) is 4.79 Å². The topological polar surface area (TPSA) is 95.1 Å². The number of aromatic nitrogens is 4. The van der Waals surface area contributed by atoms with Crippen LogP contribution in [-0.2, 0) is 24.9 Å². The monoisotopic (exact) mass is 279 g/mol. The molecular formula is C12H17N5O3. The highest BCUT2D eigenvalue weighted by atomic mass is 16.5. The highest BCUT2D eigenvalue weighted by molar-refractivity contribution is 5.90. The molecule has 0 aromatic carbocycles. The van der Waals surface area contributed by atoms with Gasteiger partial charge in [-0.1, -0.05) is 5.16 Å². The van der Waals surface area contributed by atoms with Crippen LogP contribution < -0.4 is 5.32 Å². The lowest BCUT2D eigenvalue weighted by atomic mass is 10.2. The maximum atomic E-state index is 11.8. The van der Waals surface area contributed by atoms with Crippen molar-refractivity contribution in [2.45, 2.75) is 26.9 Å². The third-order valence-corrected chi connectivity index (χ3v) is 2.70. The first-order valence-electron chi connectivity index (χ1n) is 6.29. The number of esters is 1. The second kappa shape index (κ2) is 6.29. The van der Waals surface area contributed by atoms with Gasteiger partial charge < -0.3 is 14.6 Å². The van der Waals surface area contributed by atoms with Crippen molar-refractivity contribution in [3.63, 3.8) is 0 Å². The van der Waals surface area contributed by atoms with Crippen LogP contribution in [0.3, 0.4) is 0 Å². The average Bonchev–Trinajstić information content (AvgIpc) is 2.97. The molecule has 108 valence electrons. The fourth-order valence-electron chi connectivity index (χ4n) is 1.76. The molecule has 0 saturated heterocycles. The Morgan fingerprint density at radius 3 is 2.95 bits per heavy atom. The molecule has 8 nitrogen and oxygen atoms in total. The van der Waals surface area contributed by atoms with Crippen LogP contribution in [0.5, 0.6) is 0 Å². The molecule has 2 rings (SSSR count). The minimum Gasteiger partial charge on any atom is -0.462 e. The lowest BCUT2D eigenvalue weighted by Gasteiger charge is -2.06. The Balaban J connectivity index is 1.98. The average molecular weight is 279 g/mol. The van der Waals surface area contributed by atoms with Crippen LogP contribution in [0.2, 0.25) is 0 Å². The van der Waals surface area contributed by atoms with Crippen LogP contribution in [0.15, 0.2) is 10.7 Å². The van der Waals surface area contributed by atoms with Gasteiger partial charge in [0.05, 0.1) is 25.0 Å². The Hall–Kier alpha value is -2.22. The molecule has 0 spiro atoms. The largest absolute Gasteiger partial charge is 0.462 e. The molecule has 0 unspecified atom stereocenters. The zero-order valence-corrected chi connectivity index (χ0v) is 11.7. The lowest BCUT2D eigenvalue weighted by Crippen LogP contribution is -2.19. The van der Waals surface area contributed by atoms with E-state index in [2.05, 4.69) is 20.6 Å². The summed E-state index contributed by atoms with van der Waals surface area (Å²) in [6.45, 7) is 4.74. The summed E-state index contributed by atoms with van der Waals surface area (Å²) >= 11 is 0. The van der Waals surface area contributed by atoms with Gasteiger partial charge in [0.1, 0.15) is 5.56 Å². The van der Waals surface area contributed by atoms with E-state index in [0.717, 1.165) is 5.69 Å². The summed E-state index contributed by atoms with van der Waals surface area (Å²) in [6, 6.07) is 0. The third-order valence-electron chi connectivity index (χ3n) is 2.70. The fraction of sp³-hybridized carbons (Fsp3) is 0.500. The van der Waals surface area contributed by atoms with Crippen molar-refractivity contribution in [3.05, 3.63) is 29.2 Å². The van der Waals surface area contributed by atoms with Crippen LogP contribution >= 0.6 is 0 Å². The molecule has 0 saturated carbocycles. The normalized spacial score (nSPS) is 10.8. The number of nitrogens with one attached hydrogen (secondary N) is 1. The van der Waals surface area contributed by atoms with Crippen molar-refractivity contribution in [2.75, 3.05) is 6.61 Å². The minimum atomic E-state index is -0.368. The molecular weight excluding hydrogens is 262 g/mol. The number of hydrogen-bond acceptors (Lipinski definition) is 7. The molecule has 0 aliphatic carbocycles. The van der Waals surface area contributed by atoms with Crippen molar-refractivity contribution >= 4 is 5.97 Å². The van der Waals surface area contributed by atoms with Gasteiger partial charge in [-0.3, -0.25) is 4.68 Å². The van der Waals surface area contributed by atoms with Crippen molar-refractivity contribution < 1.29 is 14.1 Å². The van der Waals surface area contributed by atoms with Crippen LogP contribution in [0.25, 0.3) is 0 Å². The van der Waals surface area contributed by atoms with E-state index in [1.807, 2.05) is 0 Å². The van der Waals surface area contributed by atoms with E-state index in [1.54, 1.807) is 25.6 Å². The first-order chi connectivity index (χ1) is 9.61. The Morgan fingerprint density at radius 2 is 2.30 bits per heavy atom. The highest BCUT2D eigenvalue weighted by Crippen LogP contribution is 2.09. The molecule has 20 heavy (non-hydrogen) atoms. The number of rotatable bonds is 6. The summed E-state index contributed by atoms with van der Waals surface area (Å²) in [4.78, 5) is 15.9. The molecule has 2 heterocycles. The number of ether oxygens (including phenoxy) is 1. The molecule has 0 bridgehead atoms. The molecule has 0 fully saturated rings. The van der Waals surface area contributed by atoms with Crippen molar-refractivity contribution in [1.82, 2.24) is 25.2 Å².